The highest BCUT2D eigenvalue weighted by Gasteiger charge is 2.28. The van der Waals surface area contributed by atoms with Gasteiger partial charge in [0.25, 0.3) is 5.91 Å². The van der Waals surface area contributed by atoms with E-state index in [1.165, 1.54) is 0 Å². The van der Waals surface area contributed by atoms with Crippen LogP contribution in [0.5, 0.6) is 5.75 Å². The van der Waals surface area contributed by atoms with Gasteiger partial charge in [0.15, 0.2) is 0 Å². The van der Waals surface area contributed by atoms with E-state index in [4.69, 9.17) is 10.00 Å². The molecule has 1 N–H and O–H groups in total. The topological polar surface area (TPSA) is 90.6 Å². The van der Waals surface area contributed by atoms with Gasteiger partial charge in [-0.15, -0.1) is 0 Å². The van der Waals surface area contributed by atoms with Crippen molar-refractivity contribution < 1.29 is 14.3 Å². The van der Waals surface area contributed by atoms with E-state index in [-0.39, 0.29) is 11.9 Å². The Morgan fingerprint density at radius 2 is 1.56 bits per heavy atom. The maximum absolute atomic E-state index is 13.7. The molecule has 0 aliphatic carbocycles. The Bertz CT molecular complexity index is 1530. The average molecular weight is 520 g/mol. The Kier molecular flexibility index (Phi) is 7.32. The van der Waals surface area contributed by atoms with Gasteiger partial charge >= 0.3 is 6.03 Å². The minimum atomic E-state index is -0.224. The number of nitriles is 1. The second-order valence-electron chi connectivity index (χ2n) is 9.33. The predicted octanol–water partition coefficient (Wildman–Crippen LogP) is 5.32. The zero-order valence-corrected chi connectivity index (χ0v) is 21.9. The number of rotatable bonds is 5. The molecule has 8 heteroatoms. The largest absolute Gasteiger partial charge is 0.497 e. The average Bonchev–Trinajstić information content (AvgIpc) is 3.34. The smallest absolute Gasteiger partial charge is 0.321 e. The van der Waals surface area contributed by atoms with E-state index in [1.54, 1.807) is 41.2 Å². The molecule has 1 aliphatic rings. The molecule has 0 bridgehead atoms. The molecule has 1 saturated heterocycles. The second kappa shape index (κ2) is 11.2. The summed E-state index contributed by atoms with van der Waals surface area (Å²) in [5.74, 6) is 0.682. The number of anilines is 1. The standard InChI is InChI=1S/C31H29N5O3/c1-22-28(20-29(24-7-4-3-5-8-24)36(22)26-9-6-10-27(19-26)39-2)30(37)34-15-17-35(18-16-34)31(38)33-25-13-11-23(21-32)12-14-25/h3-14,19-20H,15-18H2,1-2H3,(H,33,38). The first-order valence-corrected chi connectivity index (χ1v) is 12.8. The van der Waals surface area contributed by atoms with Crippen LogP contribution in [0.4, 0.5) is 10.5 Å². The lowest BCUT2D eigenvalue weighted by atomic mass is 10.1. The number of urea groups is 1. The molecular formula is C31H29N5O3. The van der Waals surface area contributed by atoms with Crippen molar-refractivity contribution >= 4 is 17.6 Å². The third-order valence-corrected chi connectivity index (χ3v) is 6.98. The number of nitrogens with zero attached hydrogens (tertiary/aromatic N) is 4. The number of hydrogen-bond donors (Lipinski definition) is 1. The number of benzene rings is 3. The minimum absolute atomic E-state index is 0.0570. The lowest BCUT2D eigenvalue weighted by molar-refractivity contribution is 0.0671. The summed E-state index contributed by atoms with van der Waals surface area (Å²) in [5, 5.41) is 11.8. The van der Waals surface area contributed by atoms with Gasteiger partial charge in [0, 0.05) is 49.3 Å². The van der Waals surface area contributed by atoms with Crippen LogP contribution >= 0.6 is 0 Å². The fourth-order valence-electron chi connectivity index (χ4n) is 4.84. The monoisotopic (exact) mass is 519 g/mol. The van der Waals surface area contributed by atoms with Gasteiger partial charge in [-0.05, 0) is 55.0 Å². The van der Waals surface area contributed by atoms with Crippen LogP contribution in [0.15, 0.2) is 84.9 Å². The molecule has 0 atom stereocenters. The lowest BCUT2D eigenvalue weighted by Gasteiger charge is -2.34. The third kappa shape index (κ3) is 5.34. The summed E-state index contributed by atoms with van der Waals surface area (Å²) < 4.78 is 7.54. The molecule has 39 heavy (non-hydrogen) atoms. The molecule has 3 amide bonds. The molecular weight excluding hydrogens is 490 g/mol. The Labute approximate surface area is 227 Å². The van der Waals surface area contributed by atoms with Gasteiger partial charge in [0.1, 0.15) is 5.75 Å². The van der Waals surface area contributed by atoms with Crippen molar-refractivity contribution in [2.75, 3.05) is 38.6 Å². The van der Waals surface area contributed by atoms with Crippen molar-refractivity contribution in [3.63, 3.8) is 0 Å². The Balaban J connectivity index is 1.35. The molecule has 0 saturated carbocycles. The van der Waals surface area contributed by atoms with E-state index in [1.807, 2.05) is 67.6 Å². The number of piperazine rings is 1. The van der Waals surface area contributed by atoms with Gasteiger partial charge in [-0.1, -0.05) is 36.4 Å². The van der Waals surface area contributed by atoms with Gasteiger partial charge < -0.3 is 24.4 Å². The molecule has 5 rings (SSSR count). The number of amides is 3. The number of nitrogens with one attached hydrogen (secondary N) is 1. The zero-order chi connectivity index (χ0) is 27.4. The van der Waals surface area contributed by atoms with Crippen LogP contribution in [0.25, 0.3) is 16.9 Å². The Hall–Kier alpha value is -5.03. The molecule has 0 unspecified atom stereocenters. The molecule has 8 nitrogen and oxygen atoms in total. The van der Waals surface area contributed by atoms with E-state index >= 15 is 0 Å². The summed E-state index contributed by atoms with van der Waals surface area (Å²) >= 11 is 0. The molecule has 0 spiro atoms. The molecule has 3 aromatic carbocycles. The summed E-state index contributed by atoms with van der Waals surface area (Å²) in [4.78, 5) is 30.0. The maximum atomic E-state index is 13.7. The number of methoxy groups -OCH3 is 1. The van der Waals surface area contributed by atoms with Crippen molar-refractivity contribution in [1.29, 1.82) is 5.26 Å². The van der Waals surface area contributed by atoms with Crippen LogP contribution in [0.3, 0.4) is 0 Å². The van der Waals surface area contributed by atoms with Gasteiger partial charge in [0.2, 0.25) is 0 Å². The summed E-state index contributed by atoms with van der Waals surface area (Å²) in [5.41, 5.74) is 5.47. The van der Waals surface area contributed by atoms with Crippen molar-refractivity contribution in [3.8, 4) is 28.8 Å². The van der Waals surface area contributed by atoms with E-state index in [0.29, 0.717) is 43.0 Å². The van der Waals surface area contributed by atoms with Gasteiger partial charge in [-0.3, -0.25) is 4.79 Å². The van der Waals surface area contributed by atoms with Crippen LogP contribution in [0, 0.1) is 18.3 Å². The van der Waals surface area contributed by atoms with E-state index in [0.717, 1.165) is 28.4 Å². The quantitative estimate of drug-likeness (QED) is 0.386. The fraction of sp³-hybridized carbons (Fsp3) is 0.194. The fourth-order valence-corrected chi connectivity index (χ4v) is 4.84. The van der Waals surface area contributed by atoms with E-state index < -0.39 is 0 Å². The molecule has 1 aliphatic heterocycles. The van der Waals surface area contributed by atoms with Crippen molar-refractivity contribution in [2.24, 2.45) is 0 Å². The molecule has 0 radical (unpaired) electrons. The summed E-state index contributed by atoms with van der Waals surface area (Å²) in [6, 6.07) is 28.3. The van der Waals surface area contributed by atoms with Crippen molar-refractivity contribution in [2.45, 2.75) is 6.92 Å². The number of carbonyl (C=O) groups is 2. The van der Waals surface area contributed by atoms with Crippen LogP contribution in [0.1, 0.15) is 21.6 Å². The molecule has 196 valence electrons. The minimum Gasteiger partial charge on any atom is -0.497 e. The summed E-state index contributed by atoms with van der Waals surface area (Å²) in [6.45, 7) is 3.68. The SMILES string of the molecule is COc1cccc(-n2c(-c3ccccc3)cc(C(=O)N3CCN(C(=O)Nc4ccc(C#N)cc4)CC3)c2C)c1. The highest BCUT2D eigenvalue weighted by Crippen LogP contribution is 2.31. The van der Waals surface area contributed by atoms with Crippen molar-refractivity contribution in [1.82, 2.24) is 14.4 Å². The Morgan fingerprint density at radius 3 is 2.23 bits per heavy atom. The number of aromatic nitrogens is 1. The first kappa shape index (κ1) is 25.6. The first-order valence-electron chi connectivity index (χ1n) is 12.8. The van der Waals surface area contributed by atoms with Crippen LogP contribution < -0.4 is 10.1 Å². The Morgan fingerprint density at radius 1 is 0.872 bits per heavy atom. The van der Waals surface area contributed by atoms with Crippen LogP contribution in [-0.2, 0) is 0 Å². The summed E-state index contributed by atoms with van der Waals surface area (Å²) in [7, 11) is 1.64. The zero-order valence-electron chi connectivity index (χ0n) is 21.9. The molecule has 4 aromatic rings. The number of ether oxygens (including phenoxy) is 1. The van der Waals surface area contributed by atoms with E-state index in [9.17, 15) is 9.59 Å². The van der Waals surface area contributed by atoms with Gasteiger partial charge in [-0.2, -0.15) is 5.26 Å². The van der Waals surface area contributed by atoms with Gasteiger partial charge in [-0.25, -0.2) is 4.79 Å². The lowest BCUT2D eigenvalue weighted by Crippen LogP contribution is -2.51. The summed E-state index contributed by atoms with van der Waals surface area (Å²) in [6.07, 6.45) is 0. The molecule has 1 aromatic heterocycles. The molecule has 2 heterocycles. The molecule has 1 fully saturated rings. The van der Waals surface area contributed by atoms with Crippen molar-refractivity contribution in [3.05, 3.63) is 102 Å². The van der Waals surface area contributed by atoms with Gasteiger partial charge in [0.05, 0.1) is 30.0 Å². The number of hydrogen-bond acceptors (Lipinski definition) is 4. The highest BCUT2D eigenvalue weighted by molar-refractivity contribution is 5.97. The normalized spacial score (nSPS) is 13.1. The maximum Gasteiger partial charge on any atom is 0.321 e. The van der Waals surface area contributed by atoms with E-state index in [2.05, 4.69) is 16.0 Å². The first-order chi connectivity index (χ1) is 19.0. The second-order valence-corrected chi connectivity index (χ2v) is 9.33. The number of carbonyl (C=O) groups excluding carboxylic acids is 2. The third-order valence-electron chi connectivity index (χ3n) is 6.98. The van der Waals surface area contributed by atoms with Crippen LogP contribution in [0.2, 0.25) is 0 Å². The highest BCUT2D eigenvalue weighted by atomic mass is 16.5. The predicted molar refractivity (Wildman–Crippen MR) is 150 cm³/mol. The van der Waals surface area contributed by atoms with Crippen LogP contribution in [-0.4, -0.2) is 59.6 Å².